The highest BCUT2D eigenvalue weighted by molar-refractivity contribution is 4.87. The van der Waals surface area contributed by atoms with Gasteiger partial charge in [-0.05, 0) is 26.2 Å². The lowest BCUT2D eigenvalue weighted by molar-refractivity contribution is 0.0362. The molecule has 0 aromatic heterocycles. The molecule has 3 nitrogen and oxygen atoms in total. The van der Waals surface area contributed by atoms with Gasteiger partial charge in [0.2, 0.25) is 0 Å². The summed E-state index contributed by atoms with van der Waals surface area (Å²) in [6, 6.07) is 1.79. The van der Waals surface area contributed by atoms with Crippen molar-refractivity contribution in [3.8, 4) is 0 Å². The van der Waals surface area contributed by atoms with Crippen molar-refractivity contribution < 1.29 is 4.74 Å². The number of piperazine rings is 1. The fourth-order valence-electron chi connectivity index (χ4n) is 2.62. The van der Waals surface area contributed by atoms with Crippen LogP contribution in [0.25, 0.3) is 0 Å². The molecule has 96 valence electrons. The molecule has 1 heterocycles. The molecule has 0 aliphatic carbocycles. The van der Waals surface area contributed by atoms with Gasteiger partial charge in [0.1, 0.15) is 0 Å². The summed E-state index contributed by atoms with van der Waals surface area (Å²) in [7, 11) is 1.79. The molecule has 0 saturated carbocycles. The first kappa shape index (κ1) is 13.9. The molecule has 0 radical (unpaired) electrons. The van der Waals surface area contributed by atoms with Gasteiger partial charge in [-0.3, -0.25) is 4.90 Å². The predicted octanol–water partition coefficient (Wildman–Crippen LogP) is 1.73. The molecular formula is C13H28N2O. The second-order valence-corrected chi connectivity index (χ2v) is 5.59. The molecule has 0 aromatic carbocycles. The first-order chi connectivity index (χ1) is 7.54. The van der Waals surface area contributed by atoms with E-state index in [2.05, 4.69) is 37.9 Å². The van der Waals surface area contributed by atoms with Crippen LogP contribution in [0.2, 0.25) is 0 Å². The highest BCUT2D eigenvalue weighted by Gasteiger charge is 2.29. The lowest BCUT2D eigenvalue weighted by Crippen LogP contribution is -2.59. The van der Waals surface area contributed by atoms with Crippen LogP contribution in [-0.2, 0) is 4.74 Å². The van der Waals surface area contributed by atoms with Crippen LogP contribution in [-0.4, -0.2) is 49.8 Å². The van der Waals surface area contributed by atoms with E-state index in [0.29, 0.717) is 18.1 Å². The van der Waals surface area contributed by atoms with E-state index in [0.717, 1.165) is 25.6 Å². The fraction of sp³-hybridized carbons (Fsp3) is 1.00. The van der Waals surface area contributed by atoms with Crippen LogP contribution < -0.4 is 5.32 Å². The average molecular weight is 228 g/mol. The van der Waals surface area contributed by atoms with Crippen molar-refractivity contribution in [3.63, 3.8) is 0 Å². The van der Waals surface area contributed by atoms with Gasteiger partial charge in [-0.1, -0.05) is 13.8 Å². The normalized spacial score (nSPS) is 29.6. The van der Waals surface area contributed by atoms with Crippen molar-refractivity contribution in [2.45, 2.75) is 52.2 Å². The van der Waals surface area contributed by atoms with E-state index >= 15 is 0 Å². The zero-order chi connectivity index (χ0) is 12.1. The van der Waals surface area contributed by atoms with Gasteiger partial charge in [0.05, 0.1) is 6.61 Å². The Labute approximate surface area is 101 Å². The minimum absolute atomic E-state index is 0.526. The molecule has 3 unspecified atom stereocenters. The molecule has 1 rings (SSSR count). The summed E-state index contributed by atoms with van der Waals surface area (Å²) < 4.78 is 5.28. The molecular weight excluding hydrogens is 200 g/mol. The van der Waals surface area contributed by atoms with Gasteiger partial charge in [0.25, 0.3) is 0 Å². The number of ether oxygens (including phenoxy) is 1. The highest BCUT2D eigenvalue weighted by Crippen LogP contribution is 2.18. The maximum atomic E-state index is 5.28. The smallest absolute Gasteiger partial charge is 0.0615 e. The molecule has 0 amide bonds. The number of nitrogens with zero attached hydrogens (tertiary/aromatic N) is 1. The molecule has 1 fully saturated rings. The van der Waals surface area contributed by atoms with Gasteiger partial charge in [-0.25, -0.2) is 0 Å². The lowest BCUT2D eigenvalue weighted by atomic mass is 9.98. The molecule has 1 aliphatic rings. The fourth-order valence-corrected chi connectivity index (χ4v) is 2.62. The summed E-state index contributed by atoms with van der Waals surface area (Å²) in [5.41, 5.74) is 0. The quantitative estimate of drug-likeness (QED) is 0.775. The zero-order valence-electron chi connectivity index (χ0n) is 11.5. The monoisotopic (exact) mass is 228 g/mol. The Bertz CT molecular complexity index is 196. The Balaban J connectivity index is 2.57. The molecule has 1 aliphatic heterocycles. The summed E-state index contributed by atoms with van der Waals surface area (Å²) in [5, 5.41) is 3.58. The van der Waals surface area contributed by atoms with Crippen molar-refractivity contribution in [2.24, 2.45) is 5.92 Å². The largest absolute Gasteiger partial charge is 0.383 e. The lowest BCUT2D eigenvalue weighted by Gasteiger charge is -2.43. The number of hydrogen-bond donors (Lipinski definition) is 1. The third-order valence-electron chi connectivity index (χ3n) is 3.37. The Morgan fingerprint density at radius 3 is 2.62 bits per heavy atom. The van der Waals surface area contributed by atoms with Crippen molar-refractivity contribution in [3.05, 3.63) is 0 Å². The molecule has 0 spiro atoms. The van der Waals surface area contributed by atoms with Crippen LogP contribution in [0.4, 0.5) is 0 Å². The molecule has 16 heavy (non-hydrogen) atoms. The number of hydrogen-bond acceptors (Lipinski definition) is 3. The zero-order valence-corrected chi connectivity index (χ0v) is 11.5. The van der Waals surface area contributed by atoms with Crippen molar-refractivity contribution in [2.75, 3.05) is 26.8 Å². The van der Waals surface area contributed by atoms with Crippen molar-refractivity contribution >= 4 is 0 Å². The minimum atomic E-state index is 0.526. The van der Waals surface area contributed by atoms with Gasteiger partial charge >= 0.3 is 0 Å². The van der Waals surface area contributed by atoms with E-state index in [4.69, 9.17) is 4.74 Å². The topological polar surface area (TPSA) is 24.5 Å². The van der Waals surface area contributed by atoms with Gasteiger partial charge in [0.15, 0.2) is 0 Å². The van der Waals surface area contributed by atoms with Crippen molar-refractivity contribution in [1.29, 1.82) is 0 Å². The SMILES string of the molecule is COCC(C)N1CC(C)NCC1CC(C)C. The maximum absolute atomic E-state index is 5.28. The Kier molecular flexibility index (Phi) is 5.73. The molecule has 0 aromatic rings. The van der Waals surface area contributed by atoms with E-state index in [1.807, 2.05) is 0 Å². The second-order valence-electron chi connectivity index (χ2n) is 5.59. The van der Waals surface area contributed by atoms with Crippen LogP contribution in [0.1, 0.15) is 34.1 Å². The third kappa shape index (κ3) is 4.04. The van der Waals surface area contributed by atoms with Crippen LogP contribution >= 0.6 is 0 Å². The maximum Gasteiger partial charge on any atom is 0.0615 e. The number of rotatable bonds is 5. The van der Waals surface area contributed by atoms with Crippen LogP contribution in [0.3, 0.4) is 0 Å². The first-order valence-electron chi connectivity index (χ1n) is 6.52. The Morgan fingerprint density at radius 2 is 2.06 bits per heavy atom. The van der Waals surface area contributed by atoms with Gasteiger partial charge in [-0.15, -0.1) is 0 Å². The van der Waals surface area contributed by atoms with E-state index < -0.39 is 0 Å². The average Bonchev–Trinajstić information content (AvgIpc) is 2.20. The first-order valence-corrected chi connectivity index (χ1v) is 6.52. The van der Waals surface area contributed by atoms with Crippen LogP contribution in [0.5, 0.6) is 0 Å². The second kappa shape index (κ2) is 6.58. The Hall–Kier alpha value is -0.120. The summed E-state index contributed by atoms with van der Waals surface area (Å²) in [6.45, 7) is 12.2. The van der Waals surface area contributed by atoms with Crippen LogP contribution in [0, 0.1) is 5.92 Å². The summed E-state index contributed by atoms with van der Waals surface area (Å²) >= 11 is 0. The Morgan fingerprint density at radius 1 is 1.38 bits per heavy atom. The third-order valence-corrected chi connectivity index (χ3v) is 3.37. The summed E-state index contributed by atoms with van der Waals surface area (Å²) in [4.78, 5) is 2.62. The van der Waals surface area contributed by atoms with Crippen molar-refractivity contribution in [1.82, 2.24) is 10.2 Å². The molecule has 1 saturated heterocycles. The molecule has 0 bridgehead atoms. The molecule has 3 atom stereocenters. The number of nitrogens with one attached hydrogen (secondary N) is 1. The van der Waals surface area contributed by atoms with Gasteiger partial charge in [0, 0.05) is 38.3 Å². The van der Waals surface area contributed by atoms with E-state index in [-0.39, 0.29) is 0 Å². The van der Waals surface area contributed by atoms with Gasteiger partial charge < -0.3 is 10.1 Å². The minimum Gasteiger partial charge on any atom is -0.383 e. The summed E-state index contributed by atoms with van der Waals surface area (Å²) in [5.74, 6) is 0.762. The van der Waals surface area contributed by atoms with E-state index in [9.17, 15) is 0 Å². The van der Waals surface area contributed by atoms with E-state index in [1.165, 1.54) is 6.42 Å². The number of methoxy groups -OCH3 is 1. The standard InChI is InChI=1S/C13H28N2O/c1-10(2)6-13-7-14-11(3)8-15(13)12(4)9-16-5/h10-14H,6-9H2,1-5H3. The summed E-state index contributed by atoms with van der Waals surface area (Å²) in [6.07, 6.45) is 1.27. The van der Waals surface area contributed by atoms with Crippen LogP contribution in [0.15, 0.2) is 0 Å². The highest BCUT2D eigenvalue weighted by atomic mass is 16.5. The van der Waals surface area contributed by atoms with E-state index in [1.54, 1.807) is 7.11 Å². The molecule has 1 N–H and O–H groups in total. The van der Waals surface area contributed by atoms with Gasteiger partial charge in [-0.2, -0.15) is 0 Å². The molecule has 3 heteroatoms. The predicted molar refractivity (Wildman–Crippen MR) is 68.8 cm³/mol.